The van der Waals surface area contributed by atoms with Gasteiger partial charge in [-0.3, -0.25) is 4.79 Å². The summed E-state index contributed by atoms with van der Waals surface area (Å²) in [5, 5.41) is 6.52. The molecule has 6 nitrogen and oxygen atoms in total. The van der Waals surface area contributed by atoms with Gasteiger partial charge in [0.1, 0.15) is 23.1 Å². The lowest BCUT2D eigenvalue weighted by molar-refractivity contribution is 0.102. The summed E-state index contributed by atoms with van der Waals surface area (Å²) in [6, 6.07) is 16.1. The number of hydrogen-bond acceptors (Lipinski definition) is 5. The number of carbonyl (C=O) groups is 1. The second kappa shape index (κ2) is 8.51. The Kier molecular flexibility index (Phi) is 5.88. The third-order valence-corrected chi connectivity index (χ3v) is 3.84. The van der Waals surface area contributed by atoms with Crippen LogP contribution in [0, 0.1) is 6.92 Å². The number of nitrogens with one attached hydrogen (secondary N) is 2. The molecule has 27 heavy (non-hydrogen) atoms. The minimum absolute atomic E-state index is 0.249. The molecule has 0 spiro atoms. The van der Waals surface area contributed by atoms with Gasteiger partial charge in [0.15, 0.2) is 0 Å². The highest BCUT2D eigenvalue weighted by Crippen LogP contribution is 2.27. The molecule has 0 aliphatic rings. The average molecular weight is 383 g/mol. The quantitative estimate of drug-likeness (QED) is 0.638. The van der Waals surface area contributed by atoms with Crippen molar-refractivity contribution in [3.05, 3.63) is 71.1 Å². The second-order valence-corrected chi connectivity index (χ2v) is 6.14. The van der Waals surface area contributed by atoms with Gasteiger partial charge < -0.3 is 15.4 Å². The van der Waals surface area contributed by atoms with Gasteiger partial charge in [0.2, 0.25) is 0 Å². The Hall–Kier alpha value is -3.12. The summed E-state index contributed by atoms with van der Waals surface area (Å²) in [6.07, 6.45) is 0. The van der Waals surface area contributed by atoms with Gasteiger partial charge in [-0.2, -0.15) is 0 Å². The van der Waals surface area contributed by atoms with Crippen LogP contribution in [0.3, 0.4) is 0 Å². The number of hydrogen-bond donors (Lipinski definition) is 2. The van der Waals surface area contributed by atoms with Gasteiger partial charge in [-0.25, -0.2) is 9.97 Å². The van der Waals surface area contributed by atoms with Gasteiger partial charge in [-0.15, -0.1) is 0 Å². The lowest BCUT2D eigenvalue weighted by Crippen LogP contribution is -2.15. The van der Waals surface area contributed by atoms with Crippen LogP contribution < -0.4 is 15.4 Å². The topological polar surface area (TPSA) is 76.1 Å². The fraction of sp³-hybridized carbons (Fsp3) is 0.150. The molecule has 2 aromatic carbocycles. The van der Waals surface area contributed by atoms with Crippen molar-refractivity contribution in [1.29, 1.82) is 0 Å². The van der Waals surface area contributed by atoms with Crippen molar-refractivity contribution in [3.63, 3.8) is 0 Å². The Morgan fingerprint density at radius 1 is 1.11 bits per heavy atom. The molecule has 3 aromatic rings. The van der Waals surface area contributed by atoms with Crippen molar-refractivity contribution in [1.82, 2.24) is 9.97 Å². The lowest BCUT2D eigenvalue weighted by atomic mass is 10.2. The summed E-state index contributed by atoms with van der Waals surface area (Å²) < 4.78 is 5.61. The standard InChI is InChI=1S/C20H19ClN4O2/c1-3-27-18-10-5-4-9-16(18)25-19-12-17(22-13(2)23-19)20(26)24-15-8-6-7-14(21)11-15/h4-12H,3H2,1-2H3,(H,24,26)(H,22,23,25). The Labute approximate surface area is 162 Å². The number of carbonyl (C=O) groups excluding carboxylic acids is 1. The normalized spacial score (nSPS) is 10.3. The number of rotatable bonds is 6. The first-order valence-corrected chi connectivity index (χ1v) is 8.84. The van der Waals surface area contributed by atoms with E-state index in [0.717, 1.165) is 5.69 Å². The first kappa shape index (κ1) is 18.7. The number of aryl methyl sites for hydroxylation is 1. The Bertz CT molecular complexity index is 962. The van der Waals surface area contributed by atoms with Crippen LogP contribution in [0.2, 0.25) is 5.02 Å². The van der Waals surface area contributed by atoms with E-state index in [0.29, 0.717) is 34.7 Å². The van der Waals surface area contributed by atoms with E-state index in [-0.39, 0.29) is 11.6 Å². The van der Waals surface area contributed by atoms with Crippen LogP contribution in [0.4, 0.5) is 17.2 Å². The summed E-state index contributed by atoms with van der Waals surface area (Å²) in [5.74, 6) is 1.35. The lowest BCUT2D eigenvalue weighted by Gasteiger charge is -2.13. The van der Waals surface area contributed by atoms with Crippen molar-refractivity contribution < 1.29 is 9.53 Å². The van der Waals surface area contributed by atoms with Crippen LogP contribution in [0.1, 0.15) is 23.2 Å². The van der Waals surface area contributed by atoms with Gasteiger partial charge >= 0.3 is 0 Å². The Balaban J connectivity index is 1.83. The van der Waals surface area contributed by atoms with Crippen LogP contribution in [-0.4, -0.2) is 22.5 Å². The monoisotopic (exact) mass is 382 g/mol. The third kappa shape index (κ3) is 4.95. The molecule has 1 amide bonds. The molecule has 7 heteroatoms. The van der Waals surface area contributed by atoms with Crippen molar-refractivity contribution in [2.75, 3.05) is 17.2 Å². The van der Waals surface area contributed by atoms with Gasteiger partial charge in [-0.1, -0.05) is 29.8 Å². The average Bonchev–Trinajstić information content (AvgIpc) is 2.63. The van der Waals surface area contributed by atoms with E-state index in [9.17, 15) is 4.79 Å². The molecule has 1 aromatic heterocycles. The van der Waals surface area contributed by atoms with E-state index in [4.69, 9.17) is 16.3 Å². The predicted octanol–water partition coefficient (Wildman–Crippen LogP) is 4.83. The summed E-state index contributed by atoms with van der Waals surface area (Å²) in [6.45, 7) is 4.20. The van der Waals surface area contributed by atoms with E-state index >= 15 is 0 Å². The maximum Gasteiger partial charge on any atom is 0.274 e. The van der Waals surface area contributed by atoms with Crippen LogP contribution in [-0.2, 0) is 0 Å². The second-order valence-electron chi connectivity index (χ2n) is 5.70. The van der Waals surface area contributed by atoms with Gasteiger partial charge in [0.05, 0.1) is 12.3 Å². The summed E-state index contributed by atoms with van der Waals surface area (Å²) in [5.41, 5.74) is 1.61. The number of nitrogens with zero attached hydrogens (tertiary/aromatic N) is 2. The van der Waals surface area contributed by atoms with Gasteiger partial charge in [0.25, 0.3) is 5.91 Å². The number of aromatic nitrogens is 2. The number of ether oxygens (including phenoxy) is 1. The van der Waals surface area contributed by atoms with Gasteiger partial charge in [0, 0.05) is 16.8 Å². The molecule has 0 fully saturated rings. The summed E-state index contributed by atoms with van der Waals surface area (Å²) in [7, 11) is 0. The van der Waals surface area contributed by atoms with E-state index < -0.39 is 0 Å². The van der Waals surface area contributed by atoms with E-state index in [2.05, 4.69) is 20.6 Å². The van der Waals surface area contributed by atoms with Crippen molar-refractivity contribution in [3.8, 4) is 5.75 Å². The molecule has 0 radical (unpaired) electrons. The number of para-hydroxylation sites is 2. The molecule has 0 bridgehead atoms. The van der Waals surface area contributed by atoms with Crippen LogP contribution in [0.25, 0.3) is 0 Å². The van der Waals surface area contributed by atoms with Crippen molar-refractivity contribution >= 4 is 34.7 Å². The molecule has 0 aliphatic heterocycles. The molecule has 0 atom stereocenters. The SMILES string of the molecule is CCOc1ccccc1Nc1cc(C(=O)Nc2cccc(Cl)c2)nc(C)n1. The van der Waals surface area contributed by atoms with Crippen LogP contribution in [0.5, 0.6) is 5.75 Å². The zero-order chi connectivity index (χ0) is 19.2. The Morgan fingerprint density at radius 3 is 2.70 bits per heavy atom. The molecule has 1 heterocycles. The van der Waals surface area contributed by atoms with Crippen LogP contribution >= 0.6 is 11.6 Å². The minimum atomic E-state index is -0.344. The molecule has 0 unspecified atom stereocenters. The summed E-state index contributed by atoms with van der Waals surface area (Å²) in [4.78, 5) is 21.1. The number of anilines is 3. The van der Waals surface area contributed by atoms with Crippen molar-refractivity contribution in [2.24, 2.45) is 0 Å². The molecule has 3 rings (SSSR count). The fourth-order valence-corrected chi connectivity index (χ4v) is 2.69. The highest BCUT2D eigenvalue weighted by Gasteiger charge is 2.12. The van der Waals surface area contributed by atoms with Crippen LogP contribution in [0.15, 0.2) is 54.6 Å². The molecule has 0 saturated carbocycles. The first-order valence-electron chi connectivity index (χ1n) is 8.46. The zero-order valence-electron chi connectivity index (χ0n) is 15.0. The molecular weight excluding hydrogens is 364 g/mol. The van der Waals surface area contributed by atoms with E-state index in [1.54, 1.807) is 37.3 Å². The molecular formula is C20H19ClN4O2. The minimum Gasteiger partial charge on any atom is -0.492 e. The Morgan fingerprint density at radius 2 is 1.93 bits per heavy atom. The predicted molar refractivity (Wildman–Crippen MR) is 107 cm³/mol. The highest BCUT2D eigenvalue weighted by molar-refractivity contribution is 6.30. The number of halogens is 1. The summed E-state index contributed by atoms with van der Waals surface area (Å²) >= 11 is 5.96. The maximum atomic E-state index is 12.6. The molecule has 2 N–H and O–H groups in total. The third-order valence-electron chi connectivity index (χ3n) is 3.60. The van der Waals surface area contributed by atoms with Crippen molar-refractivity contribution in [2.45, 2.75) is 13.8 Å². The maximum absolute atomic E-state index is 12.6. The van der Waals surface area contributed by atoms with E-state index in [1.807, 2.05) is 31.2 Å². The molecule has 138 valence electrons. The van der Waals surface area contributed by atoms with E-state index in [1.165, 1.54) is 0 Å². The number of benzene rings is 2. The molecule has 0 aliphatic carbocycles. The van der Waals surface area contributed by atoms with Gasteiger partial charge in [-0.05, 0) is 44.2 Å². The fourth-order valence-electron chi connectivity index (χ4n) is 2.50. The highest BCUT2D eigenvalue weighted by atomic mass is 35.5. The largest absolute Gasteiger partial charge is 0.492 e. The first-order chi connectivity index (χ1) is 13.0. The molecule has 0 saturated heterocycles. The number of amides is 1. The zero-order valence-corrected chi connectivity index (χ0v) is 15.7. The smallest absolute Gasteiger partial charge is 0.274 e.